The molecule has 3 aromatic carbocycles. The Morgan fingerprint density at radius 3 is 2.38 bits per heavy atom. The van der Waals surface area contributed by atoms with Crippen molar-refractivity contribution in [1.29, 1.82) is 0 Å². The lowest BCUT2D eigenvalue weighted by Crippen LogP contribution is -2.31. The molecule has 0 bridgehead atoms. The van der Waals surface area contributed by atoms with Gasteiger partial charge in [-0.25, -0.2) is 0 Å². The van der Waals surface area contributed by atoms with Gasteiger partial charge in [-0.2, -0.15) is 0 Å². The zero-order valence-corrected chi connectivity index (χ0v) is 22.8. The van der Waals surface area contributed by atoms with Crippen LogP contribution in [0.15, 0.2) is 109 Å². The van der Waals surface area contributed by atoms with Gasteiger partial charge in [-0.3, -0.25) is 14.8 Å². The van der Waals surface area contributed by atoms with Crippen LogP contribution >= 0.6 is 0 Å². The minimum atomic E-state index is -0.0923. The Balaban J connectivity index is 1.66. The van der Waals surface area contributed by atoms with Crippen molar-refractivity contribution in [2.24, 2.45) is 4.99 Å². The Hall–Kier alpha value is -4.55. The first-order valence-electron chi connectivity index (χ1n) is 13.0. The van der Waals surface area contributed by atoms with Crippen LogP contribution in [0.4, 0.5) is 5.69 Å². The van der Waals surface area contributed by atoms with Crippen LogP contribution in [0.1, 0.15) is 34.1 Å². The van der Waals surface area contributed by atoms with E-state index in [2.05, 4.69) is 40.4 Å². The van der Waals surface area contributed by atoms with E-state index in [1.54, 1.807) is 6.20 Å². The number of rotatable bonds is 11. The lowest BCUT2D eigenvalue weighted by molar-refractivity contribution is 0.0951. The lowest BCUT2D eigenvalue weighted by Gasteiger charge is -2.17. The van der Waals surface area contributed by atoms with Crippen LogP contribution in [-0.2, 0) is 6.54 Å². The molecule has 39 heavy (non-hydrogen) atoms. The second-order valence-corrected chi connectivity index (χ2v) is 9.56. The highest BCUT2D eigenvalue weighted by atomic mass is 16.1. The standard InChI is InChI=1S/C33H35N5O/c1-24(27-14-10-15-28(22-27)33(39)35-20-21-38(3)4)37-31-18-11-17-30(26-12-6-5-7-13-26)32(31)25(2)36-23-29-16-8-9-19-34-29/h5-19,22,36H,2,20-21,23H2,1,3-4H3,(H,35,39)/b37-24+. The van der Waals surface area contributed by atoms with Crippen molar-refractivity contribution in [3.05, 3.63) is 126 Å². The topological polar surface area (TPSA) is 69.6 Å². The first-order chi connectivity index (χ1) is 18.9. The number of nitrogens with zero attached hydrogens (tertiary/aromatic N) is 3. The molecule has 0 aliphatic heterocycles. The summed E-state index contributed by atoms with van der Waals surface area (Å²) in [5.74, 6) is -0.0923. The normalized spacial score (nSPS) is 11.3. The summed E-state index contributed by atoms with van der Waals surface area (Å²) in [6, 6.07) is 29.8. The highest BCUT2D eigenvalue weighted by molar-refractivity contribution is 6.04. The van der Waals surface area contributed by atoms with Gasteiger partial charge in [0.2, 0.25) is 0 Å². The molecule has 1 amide bonds. The average molecular weight is 518 g/mol. The Morgan fingerprint density at radius 1 is 0.897 bits per heavy atom. The number of aliphatic imine (C=N–C) groups is 1. The predicted molar refractivity (Wildman–Crippen MR) is 161 cm³/mol. The van der Waals surface area contributed by atoms with Gasteiger partial charge in [0.05, 0.1) is 17.9 Å². The Bertz CT molecular complexity index is 1450. The molecule has 0 radical (unpaired) electrons. The summed E-state index contributed by atoms with van der Waals surface area (Å²) in [4.78, 5) is 24.2. The van der Waals surface area contributed by atoms with E-state index in [1.807, 2.05) is 98.7 Å². The molecule has 1 aromatic heterocycles. The van der Waals surface area contributed by atoms with Gasteiger partial charge in [0.15, 0.2) is 0 Å². The van der Waals surface area contributed by atoms with Crippen molar-refractivity contribution in [2.75, 3.05) is 27.2 Å². The molecule has 4 aromatic rings. The molecule has 0 fully saturated rings. The first kappa shape index (κ1) is 27.5. The summed E-state index contributed by atoms with van der Waals surface area (Å²) >= 11 is 0. The molecule has 0 unspecified atom stereocenters. The fourth-order valence-corrected chi connectivity index (χ4v) is 4.22. The van der Waals surface area contributed by atoms with Gasteiger partial charge in [-0.1, -0.05) is 67.2 Å². The number of aromatic nitrogens is 1. The van der Waals surface area contributed by atoms with Crippen molar-refractivity contribution in [1.82, 2.24) is 20.5 Å². The van der Waals surface area contributed by atoms with Gasteiger partial charge < -0.3 is 15.5 Å². The zero-order chi connectivity index (χ0) is 27.6. The van der Waals surface area contributed by atoms with E-state index in [1.165, 1.54) is 0 Å². The monoisotopic (exact) mass is 517 g/mol. The third-order valence-corrected chi connectivity index (χ3v) is 6.31. The molecular formula is C33H35N5O. The molecule has 0 aliphatic carbocycles. The van der Waals surface area contributed by atoms with Gasteiger partial charge >= 0.3 is 0 Å². The van der Waals surface area contributed by atoms with Gasteiger partial charge in [-0.05, 0) is 68.0 Å². The van der Waals surface area contributed by atoms with Crippen LogP contribution < -0.4 is 10.6 Å². The summed E-state index contributed by atoms with van der Waals surface area (Å²) in [7, 11) is 3.97. The average Bonchev–Trinajstić information content (AvgIpc) is 2.96. The molecule has 0 saturated heterocycles. The van der Waals surface area contributed by atoms with E-state index in [9.17, 15) is 4.79 Å². The molecule has 1 heterocycles. The molecule has 4 rings (SSSR count). The number of hydrogen-bond acceptors (Lipinski definition) is 5. The van der Waals surface area contributed by atoms with E-state index in [0.717, 1.165) is 51.6 Å². The Kier molecular flexibility index (Phi) is 9.38. The number of nitrogens with one attached hydrogen (secondary N) is 2. The highest BCUT2D eigenvalue weighted by Crippen LogP contribution is 2.35. The molecule has 2 N–H and O–H groups in total. The Labute approximate surface area is 231 Å². The first-order valence-corrected chi connectivity index (χ1v) is 13.0. The minimum Gasteiger partial charge on any atom is -0.379 e. The number of likely N-dealkylation sites (N-methyl/N-ethyl adjacent to an activating group) is 1. The third-order valence-electron chi connectivity index (χ3n) is 6.31. The van der Waals surface area contributed by atoms with Gasteiger partial charge in [0.1, 0.15) is 0 Å². The quantitative estimate of drug-likeness (QED) is 0.242. The minimum absolute atomic E-state index is 0.0923. The fraction of sp³-hybridized carbons (Fsp3) is 0.182. The molecule has 6 heteroatoms. The third kappa shape index (κ3) is 7.49. The summed E-state index contributed by atoms with van der Waals surface area (Å²) < 4.78 is 0. The van der Waals surface area contributed by atoms with E-state index in [4.69, 9.17) is 4.99 Å². The molecule has 0 saturated carbocycles. The second kappa shape index (κ2) is 13.3. The van der Waals surface area contributed by atoms with Crippen molar-refractivity contribution in [2.45, 2.75) is 13.5 Å². The maximum atomic E-state index is 12.7. The van der Waals surface area contributed by atoms with Crippen LogP contribution in [0.25, 0.3) is 16.8 Å². The maximum absolute atomic E-state index is 12.7. The number of carbonyl (C=O) groups excluding carboxylic acids is 1. The van der Waals surface area contributed by atoms with Crippen LogP contribution in [0.3, 0.4) is 0 Å². The SMILES string of the molecule is C=C(NCc1ccccn1)c1c(/N=C(\C)c2cccc(C(=O)NCCN(C)C)c2)cccc1-c1ccccc1. The summed E-state index contributed by atoms with van der Waals surface area (Å²) in [5, 5.41) is 6.43. The van der Waals surface area contributed by atoms with Crippen molar-refractivity contribution < 1.29 is 4.79 Å². The van der Waals surface area contributed by atoms with Crippen LogP contribution in [-0.4, -0.2) is 48.7 Å². The predicted octanol–water partition coefficient (Wildman–Crippen LogP) is 5.94. The van der Waals surface area contributed by atoms with Crippen LogP contribution in [0.2, 0.25) is 0 Å². The van der Waals surface area contributed by atoms with Crippen LogP contribution in [0.5, 0.6) is 0 Å². The molecule has 0 atom stereocenters. The summed E-state index contributed by atoms with van der Waals surface area (Å²) in [5.41, 5.74) is 7.85. The molecule has 0 spiro atoms. The molecule has 198 valence electrons. The number of pyridine rings is 1. The number of carbonyl (C=O) groups is 1. The van der Waals surface area contributed by atoms with E-state index >= 15 is 0 Å². The van der Waals surface area contributed by atoms with E-state index in [0.29, 0.717) is 18.7 Å². The van der Waals surface area contributed by atoms with Crippen LogP contribution in [0, 0.1) is 0 Å². The largest absolute Gasteiger partial charge is 0.379 e. The van der Waals surface area contributed by atoms with Gasteiger partial charge in [0.25, 0.3) is 5.91 Å². The molecule has 6 nitrogen and oxygen atoms in total. The molecular weight excluding hydrogens is 482 g/mol. The highest BCUT2D eigenvalue weighted by Gasteiger charge is 2.15. The van der Waals surface area contributed by atoms with Gasteiger partial charge in [-0.15, -0.1) is 0 Å². The fourth-order valence-electron chi connectivity index (χ4n) is 4.22. The van der Waals surface area contributed by atoms with Crippen molar-refractivity contribution >= 4 is 23.0 Å². The Morgan fingerprint density at radius 2 is 1.64 bits per heavy atom. The smallest absolute Gasteiger partial charge is 0.251 e. The number of hydrogen-bond donors (Lipinski definition) is 2. The molecule has 0 aliphatic rings. The van der Waals surface area contributed by atoms with E-state index < -0.39 is 0 Å². The lowest BCUT2D eigenvalue weighted by atomic mass is 9.96. The second-order valence-electron chi connectivity index (χ2n) is 9.56. The van der Waals surface area contributed by atoms with Crippen molar-refractivity contribution in [3.63, 3.8) is 0 Å². The summed E-state index contributed by atoms with van der Waals surface area (Å²) in [6.45, 7) is 8.27. The number of benzene rings is 3. The van der Waals surface area contributed by atoms with Crippen molar-refractivity contribution in [3.8, 4) is 11.1 Å². The van der Waals surface area contributed by atoms with Gasteiger partial charge in [0, 0.05) is 41.8 Å². The zero-order valence-electron chi connectivity index (χ0n) is 22.8. The number of amides is 1. The van der Waals surface area contributed by atoms with E-state index in [-0.39, 0.29) is 5.91 Å². The maximum Gasteiger partial charge on any atom is 0.251 e. The summed E-state index contributed by atoms with van der Waals surface area (Å²) in [6.07, 6.45) is 1.79.